The molecule has 1 aromatic rings. The van der Waals surface area contributed by atoms with Crippen molar-refractivity contribution in [3.05, 3.63) is 35.9 Å². The van der Waals surface area contributed by atoms with Gasteiger partial charge in [0.1, 0.15) is 0 Å². The maximum atomic E-state index is 5.71. The second kappa shape index (κ2) is 6.91. The van der Waals surface area contributed by atoms with Crippen molar-refractivity contribution in [2.24, 2.45) is 0 Å². The Kier molecular flexibility index (Phi) is 4.94. The molecule has 21 heavy (non-hydrogen) atoms. The summed E-state index contributed by atoms with van der Waals surface area (Å²) in [5.74, 6) is 0. The van der Waals surface area contributed by atoms with Gasteiger partial charge in [-0.25, -0.2) is 0 Å². The third-order valence-corrected chi connectivity index (χ3v) is 4.95. The molecule has 4 unspecified atom stereocenters. The predicted molar refractivity (Wildman–Crippen MR) is 86.5 cm³/mol. The van der Waals surface area contributed by atoms with E-state index in [-0.39, 0.29) is 0 Å². The van der Waals surface area contributed by atoms with Crippen LogP contribution >= 0.6 is 0 Å². The first-order chi connectivity index (χ1) is 10.2. The molecule has 2 saturated heterocycles. The van der Waals surface area contributed by atoms with Crippen LogP contribution in [0.15, 0.2) is 30.3 Å². The minimum Gasteiger partial charge on any atom is -0.378 e. The first kappa shape index (κ1) is 15.0. The summed E-state index contributed by atoms with van der Waals surface area (Å²) in [6.45, 7) is 7.74. The molecule has 2 aliphatic rings. The summed E-state index contributed by atoms with van der Waals surface area (Å²) in [6, 6.07) is 12.7. The third kappa shape index (κ3) is 3.85. The summed E-state index contributed by atoms with van der Waals surface area (Å²) in [6.07, 6.45) is 3.91. The van der Waals surface area contributed by atoms with Gasteiger partial charge in [-0.05, 0) is 38.7 Å². The van der Waals surface area contributed by atoms with Gasteiger partial charge >= 0.3 is 0 Å². The average molecular weight is 288 g/mol. The summed E-state index contributed by atoms with van der Waals surface area (Å²) in [7, 11) is 0. The number of ether oxygens (including phenoxy) is 1. The Morgan fingerprint density at radius 2 is 2.05 bits per heavy atom. The number of rotatable bonds is 3. The van der Waals surface area contributed by atoms with Crippen LogP contribution in [-0.2, 0) is 11.2 Å². The van der Waals surface area contributed by atoms with Gasteiger partial charge in [0.2, 0.25) is 0 Å². The first-order valence-corrected chi connectivity index (χ1v) is 8.37. The molecule has 0 radical (unpaired) electrons. The largest absolute Gasteiger partial charge is 0.378 e. The van der Waals surface area contributed by atoms with Gasteiger partial charge in [0.15, 0.2) is 0 Å². The summed E-state index contributed by atoms with van der Waals surface area (Å²) in [4.78, 5) is 2.73. The zero-order valence-electron chi connectivity index (χ0n) is 13.3. The highest BCUT2D eigenvalue weighted by atomic mass is 16.5. The van der Waals surface area contributed by atoms with E-state index in [0.29, 0.717) is 24.2 Å². The Hall–Kier alpha value is -0.900. The number of benzene rings is 1. The third-order valence-electron chi connectivity index (χ3n) is 4.95. The minimum absolute atomic E-state index is 0.415. The molecule has 0 aromatic heterocycles. The molecule has 0 aliphatic carbocycles. The zero-order valence-corrected chi connectivity index (χ0v) is 13.3. The Bertz CT molecular complexity index is 436. The molecular weight excluding hydrogens is 260 g/mol. The van der Waals surface area contributed by atoms with E-state index in [9.17, 15) is 0 Å². The van der Waals surface area contributed by atoms with Gasteiger partial charge in [0, 0.05) is 37.8 Å². The van der Waals surface area contributed by atoms with E-state index in [1.54, 1.807) is 0 Å². The fraction of sp³-hybridized carbons (Fsp3) is 0.667. The highest BCUT2D eigenvalue weighted by molar-refractivity contribution is 5.16. The van der Waals surface area contributed by atoms with Gasteiger partial charge < -0.3 is 10.1 Å². The quantitative estimate of drug-likeness (QED) is 0.924. The van der Waals surface area contributed by atoms with Crippen molar-refractivity contribution >= 4 is 0 Å². The number of hydrogen-bond donors (Lipinski definition) is 1. The Morgan fingerprint density at radius 1 is 1.24 bits per heavy atom. The lowest BCUT2D eigenvalue weighted by Crippen LogP contribution is -2.60. The highest BCUT2D eigenvalue weighted by Crippen LogP contribution is 2.23. The molecule has 0 saturated carbocycles. The molecule has 3 rings (SSSR count). The summed E-state index contributed by atoms with van der Waals surface area (Å²) >= 11 is 0. The molecule has 2 fully saturated rings. The Balaban J connectivity index is 1.61. The van der Waals surface area contributed by atoms with E-state index in [4.69, 9.17) is 4.74 Å². The van der Waals surface area contributed by atoms with E-state index in [0.717, 1.165) is 26.1 Å². The topological polar surface area (TPSA) is 24.5 Å². The van der Waals surface area contributed by atoms with Crippen LogP contribution in [-0.4, -0.2) is 48.8 Å². The lowest BCUT2D eigenvalue weighted by atomic mass is 9.96. The maximum Gasteiger partial charge on any atom is 0.0561 e. The smallest absolute Gasteiger partial charge is 0.0561 e. The molecule has 1 aromatic carbocycles. The van der Waals surface area contributed by atoms with E-state index in [1.807, 2.05) is 0 Å². The van der Waals surface area contributed by atoms with E-state index < -0.39 is 0 Å². The Morgan fingerprint density at radius 3 is 2.81 bits per heavy atom. The van der Waals surface area contributed by atoms with Crippen LogP contribution in [0.5, 0.6) is 0 Å². The molecule has 116 valence electrons. The van der Waals surface area contributed by atoms with Crippen molar-refractivity contribution in [3.8, 4) is 0 Å². The maximum absolute atomic E-state index is 5.71. The van der Waals surface area contributed by atoms with Crippen molar-refractivity contribution in [3.63, 3.8) is 0 Å². The van der Waals surface area contributed by atoms with Gasteiger partial charge in [-0.3, -0.25) is 4.90 Å². The molecule has 3 heteroatoms. The number of piperazine rings is 1. The second-order valence-corrected chi connectivity index (χ2v) is 6.70. The number of hydrogen-bond acceptors (Lipinski definition) is 3. The molecule has 0 bridgehead atoms. The van der Waals surface area contributed by atoms with Crippen LogP contribution in [0.25, 0.3) is 0 Å². The fourth-order valence-electron chi connectivity index (χ4n) is 3.77. The second-order valence-electron chi connectivity index (χ2n) is 6.70. The van der Waals surface area contributed by atoms with E-state index in [2.05, 4.69) is 54.4 Å². The van der Waals surface area contributed by atoms with Gasteiger partial charge in [-0.15, -0.1) is 0 Å². The zero-order chi connectivity index (χ0) is 14.7. The predicted octanol–water partition coefficient (Wildman–Crippen LogP) is 2.46. The van der Waals surface area contributed by atoms with Gasteiger partial charge in [0.05, 0.1) is 6.10 Å². The summed E-state index contributed by atoms with van der Waals surface area (Å²) in [5.41, 5.74) is 1.44. The molecule has 0 amide bonds. The Labute approximate surface area is 128 Å². The van der Waals surface area contributed by atoms with Crippen molar-refractivity contribution < 1.29 is 4.74 Å². The van der Waals surface area contributed by atoms with Crippen LogP contribution in [0.3, 0.4) is 0 Å². The van der Waals surface area contributed by atoms with Crippen LogP contribution in [0.1, 0.15) is 32.3 Å². The van der Waals surface area contributed by atoms with E-state index >= 15 is 0 Å². The molecule has 2 heterocycles. The minimum atomic E-state index is 0.415. The van der Waals surface area contributed by atoms with Crippen LogP contribution in [0, 0.1) is 0 Å². The molecule has 2 aliphatic heterocycles. The fourth-order valence-corrected chi connectivity index (χ4v) is 3.77. The van der Waals surface area contributed by atoms with Crippen molar-refractivity contribution in [1.82, 2.24) is 10.2 Å². The monoisotopic (exact) mass is 288 g/mol. The first-order valence-electron chi connectivity index (χ1n) is 8.37. The molecule has 3 nitrogen and oxygen atoms in total. The number of nitrogens with one attached hydrogen (secondary N) is 1. The van der Waals surface area contributed by atoms with Crippen molar-refractivity contribution in [2.45, 2.75) is 57.3 Å². The standard InChI is InChI=1S/C18H28N2O/c1-14-12-19-17(11-16-6-4-3-5-7-16)13-20(14)18-8-9-21-15(2)10-18/h3-7,14-15,17-19H,8-13H2,1-2H3. The van der Waals surface area contributed by atoms with Crippen molar-refractivity contribution in [2.75, 3.05) is 19.7 Å². The van der Waals surface area contributed by atoms with Crippen molar-refractivity contribution in [1.29, 1.82) is 0 Å². The highest BCUT2D eigenvalue weighted by Gasteiger charge is 2.32. The molecule has 1 N–H and O–H groups in total. The van der Waals surface area contributed by atoms with Crippen LogP contribution in [0.2, 0.25) is 0 Å². The number of nitrogens with zero attached hydrogens (tertiary/aromatic N) is 1. The molecule has 4 atom stereocenters. The van der Waals surface area contributed by atoms with Gasteiger partial charge in [-0.1, -0.05) is 30.3 Å². The van der Waals surface area contributed by atoms with Gasteiger partial charge in [0.25, 0.3) is 0 Å². The SMILES string of the molecule is CC1CC(N2CC(Cc3ccccc3)NCC2C)CCO1. The average Bonchev–Trinajstić information content (AvgIpc) is 2.50. The van der Waals surface area contributed by atoms with Gasteiger partial charge in [-0.2, -0.15) is 0 Å². The summed E-state index contributed by atoms with van der Waals surface area (Å²) in [5, 5.41) is 3.72. The van der Waals surface area contributed by atoms with Crippen LogP contribution < -0.4 is 5.32 Å². The molecular formula is C18H28N2O. The lowest BCUT2D eigenvalue weighted by molar-refractivity contribution is -0.0351. The lowest BCUT2D eigenvalue weighted by Gasteiger charge is -2.45. The summed E-state index contributed by atoms with van der Waals surface area (Å²) < 4.78 is 5.71. The molecule has 0 spiro atoms. The van der Waals surface area contributed by atoms with Crippen LogP contribution in [0.4, 0.5) is 0 Å². The van der Waals surface area contributed by atoms with E-state index in [1.165, 1.54) is 18.4 Å². The normalized spacial score (nSPS) is 34.8.